The Balaban J connectivity index is 0.00000140. The minimum absolute atomic E-state index is 0. The van der Waals surface area contributed by atoms with Crippen molar-refractivity contribution in [3.63, 3.8) is 0 Å². The Labute approximate surface area is 194 Å². The van der Waals surface area contributed by atoms with Crippen LogP contribution >= 0.6 is 0 Å². The summed E-state index contributed by atoms with van der Waals surface area (Å²) in [5.41, 5.74) is 7.00. The third-order valence-electron chi connectivity index (χ3n) is 4.99. The molecule has 0 saturated carbocycles. The molecule has 1 aliphatic rings. The molecule has 0 N–H and O–H groups in total. The summed E-state index contributed by atoms with van der Waals surface area (Å²) < 4.78 is 7.09. The van der Waals surface area contributed by atoms with Crippen LogP contribution in [0.1, 0.15) is 21.7 Å². The fraction of sp³-hybridized carbons (Fsp3) is 0.130. The molecule has 1 aliphatic carbocycles. The Morgan fingerprint density at radius 2 is 1.46 bits per heavy atom. The van der Waals surface area contributed by atoms with Gasteiger partial charge >= 0.3 is 170 Å². The van der Waals surface area contributed by atoms with E-state index in [-0.39, 0.29) is 24.8 Å². The molecule has 142 valence electrons. The Kier molecular flexibility index (Phi) is 8.92. The predicted octanol–water partition coefficient (Wildman–Crippen LogP) is -0.905. The third-order valence-corrected chi connectivity index (χ3v) is 12.9. The monoisotopic (exact) mass is 502 g/mol. The smallest absolute Gasteiger partial charge is 1.00 e. The van der Waals surface area contributed by atoms with Crippen LogP contribution in [-0.2, 0) is 26.2 Å². The van der Waals surface area contributed by atoms with Gasteiger partial charge in [-0.15, -0.1) is 0 Å². The molecule has 3 aromatic carbocycles. The molecule has 0 aromatic heterocycles. The minimum atomic E-state index is -1.28. The maximum atomic E-state index is 6.55. The van der Waals surface area contributed by atoms with Crippen molar-refractivity contribution in [1.82, 2.24) is 0 Å². The van der Waals surface area contributed by atoms with Crippen molar-refractivity contribution < 1.29 is 51.0 Å². The molecule has 0 heterocycles. The molecule has 1 nitrogen and oxygen atoms in total. The van der Waals surface area contributed by atoms with E-state index in [9.17, 15) is 0 Å². The maximum Gasteiger partial charge on any atom is -1.00 e. The Morgan fingerprint density at radius 3 is 2.14 bits per heavy atom. The summed E-state index contributed by atoms with van der Waals surface area (Å²) in [4.78, 5) is 0. The molecule has 3 aromatic rings. The number of hydrogen-bond donors (Lipinski definition) is 0. The van der Waals surface area contributed by atoms with Gasteiger partial charge < -0.3 is 24.8 Å². The van der Waals surface area contributed by atoms with E-state index in [0.29, 0.717) is 3.63 Å². The van der Waals surface area contributed by atoms with E-state index >= 15 is 0 Å². The Bertz CT molecular complexity index is 932. The van der Waals surface area contributed by atoms with Crippen LogP contribution in [0.15, 0.2) is 84.4 Å². The van der Waals surface area contributed by atoms with Crippen molar-refractivity contribution in [1.29, 1.82) is 0 Å². The fourth-order valence-corrected chi connectivity index (χ4v) is 9.89. The van der Waals surface area contributed by atoms with Gasteiger partial charge in [0, 0.05) is 0 Å². The van der Waals surface area contributed by atoms with Crippen LogP contribution in [0.25, 0.3) is 17.2 Å². The van der Waals surface area contributed by atoms with E-state index in [0.717, 1.165) is 0 Å². The van der Waals surface area contributed by atoms with Crippen molar-refractivity contribution in [3.05, 3.63) is 95.6 Å². The maximum absolute atomic E-state index is 6.55. The summed E-state index contributed by atoms with van der Waals surface area (Å²) in [5.74, 6) is 0. The van der Waals surface area contributed by atoms with E-state index in [1.807, 2.05) is 0 Å². The average molecular weight is 505 g/mol. The molecular formula is C23H22Cl2OSiZr. The van der Waals surface area contributed by atoms with E-state index in [1.165, 1.54) is 33.0 Å². The number of allylic oxidation sites excluding steroid dienone is 1. The van der Waals surface area contributed by atoms with Crippen LogP contribution in [0.5, 0.6) is 0 Å². The quantitative estimate of drug-likeness (QED) is 0.409. The number of fused-ring (bicyclic) bond motifs is 1. The average Bonchev–Trinajstić information content (AvgIpc) is 3.02. The van der Waals surface area contributed by atoms with Crippen LogP contribution < -0.4 is 30.0 Å². The molecule has 4 rings (SSSR count). The van der Waals surface area contributed by atoms with Gasteiger partial charge in [-0.2, -0.15) is 0 Å². The zero-order chi connectivity index (χ0) is 17.9. The molecule has 0 saturated heterocycles. The van der Waals surface area contributed by atoms with E-state index in [1.54, 1.807) is 0 Å². The number of halogens is 2. The normalized spacial score (nSPS) is 15.4. The SMILES string of the molecule is CC1=Cc2c(-c3ccccc3)cccc2[CH]1[Zr+2][O][SiH](C)c1ccccc1.[Cl-].[Cl-]. The summed E-state index contributed by atoms with van der Waals surface area (Å²) in [5, 5.41) is 1.41. The standard InChI is InChI=1S/C16H13.C7H9OSi.2ClH.Zr/c1-12-10-14-8-5-9-15(16(14)11-12)13-6-3-2-4-7-13;1-9(8)7-5-3-2-4-6-7;;;/h2-11H,1H3;2-6,9H,1H3;2*1H;/q;-1;;;+3/p-2. The van der Waals surface area contributed by atoms with Gasteiger partial charge in [0.05, 0.1) is 0 Å². The summed E-state index contributed by atoms with van der Waals surface area (Å²) in [6.07, 6.45) is 2.39. The molecule has 0 spiro atoms. The summed E-state index contributed by atoms with van der Waals surface area (Å²) in [6.45, 7) is 4.59. The van der Waals surface area contributed by atoms with Crippen LogP contribution in [0.2, 0.25) is 6.55 Å². The molecule has 0 bridgehead atoms. The van der Waals surface area contributed by atoms with E-state index in [4.69, 9.17) is 2.50 Å². The first-order valence-corrected chi connectivity index (χ1v) is 13.7. The minimum Gasteiger partial charge on any atom is -1.00 e. The third kappa shape index (κ3) is 4.96. The molecule has 0 aliphatic heterocycles. The molecule has 2 atom stereocenters. The molecule has 0 amide bonds. The first-order chi connectivity index (χ1) is 12.7. The molecule has 0 radical (unpaired) electrons. The van der Waals surface area contributed by atoms with Gasteiger partial charge in [0.1, 0.15) is 0 Å². The van der Waals surface area contributed by atoms with Crippen molar-refractivity contribution >= 4 is 20.3 Å². The van der Waals surface area contributed by atoms with Crippen LogP contribution in [-0.4, -0.2) is 9.04 Å². The van der Waals surface area contributed by atoms with Gasteiger partial charge in [0.25, 0.3) is 0 Å². The second-order valence-electron chi connectivity index (χ2n) is 6.78. The Hall–Kier alpha value is -0.960. The zero-order valence-electron chi connectivity index (χ0n) is 15.9. The van der Waals surface area contributed by atoms with E-state index < -0.39 is 32.7 Å². The van der Waals surface area contributed by atoms with Crippen LogP contribution in [0, 0.1) is 0 Å². The van der Waals surface area contributed by atoms with Crippen molar-refractivity contribution in [2.45, 2.75) is 17.1 Å². The first-order valence-electron chi connectivity index (χ1n) is 9.06. The second kappa shape index (κ2) is 10.7. The summed E-state index contributed by atoms with van der Waals surface area (Å²) in [6, 6.07) is 28.2. The molecule has 0 fully saturated rings. The van der Waals surface area contributed by atoms with Gasteiger partial charge in [-0.3, -0.25) is 0 Å². The van der Waals surface area contributed by atoms with Crippen molar-refractivity contribution in [2.24, 2.45) is 0 Å². The summed E-state index contributed by atoms with van der Waals surface area (Å²) >= 11 is -0.984. The van der Waals surface area contributed by atoms with Gasteiger partial charge in [0.15, 0.2) is 0 Å². The number of rotatable bonds is 5. The molecular weight excluding hydrogens is 482 g/mol. The van der Waals surface area contributed by atoms with Gasteiger partial charge in [-0.05, 0) is 0 Å². The van der Waals surface area contributed by atoms with Gasteiger partial charge in [-0.25, -0.2) is 0 Å². The van der Waals surface area contributed by atoms with Crippen molar-refractivity contribution in [3.8, 4) is 11.1 Å². The fourth-order valence-electron chi connectivity index (χ4n) is 3.54. The molecule has 28 heavy (non-hydrogen) atoms. The second-order valence-corrected chi connectivity index (χ2v) is 12.7. The van der Waals surface area contributed by atoms with Gasteiger partial charge in [-0.1, -0.05) is 0 Å². The largest absolute Gasteiger partial charge is 1.00 e. The predicted molar refractivity (Wildman–Crippen MR) is 108 cm³/mol. The Morgan fingerprint density at radius 1 is 0.821 bits per heavy atom. The van der Waals surface area contributed by atoms with Crippen molar-refractivity contribution in [2.75, 3.05) is 0 Å². The summed E-state index contributed by atoms with van der Waals surface area (Å²) in [7, 11) is -1.28. The molecule has 5 heteroatoms. The number of hydrogen-bond acceptors (Lipinski definition) is 1. The van der Waals surface area contributed by atoms with E-state index in [2.05, 4.69) is 98.4 Å². The molecule has 2 unspecified atom stereocenters. The zero-order valence-corrected chi connectivity index (χ0v) is 21.0. The van der Waals surface area contributed by atoms with Crippen LogP contribution in [0.3, 0.4) is 0 Å². The topological polar surface area (TPSA) is 9.23 Å². The van der Waals surface area contributed by atoms with Gasteiger partial charge in [0.2, 0.25) is 0 Å². The van der Waals surface area contributed by atoms with Crippen LogP contribution in [0.4, 0.5) is 0 Å². The number of benzene rings is 3. The first kappa shape index (κ1) is 23.3.